The van der Waals surface area contributed by atoms with Crippen LogP contribution in [0.2, 0.25) is 0 Å². The summed E-state index contributed by atoms with van der Waals surface area (Å²) in [4.78, 5) is 0.395. The van der Waals surface area contributed by atoms with Gasteiger partial charge in [0.05, 0.1) is 4.90 Å². The van der Waals surface area contributed by atoms with Gasteiger partial charge in [0.1, 0.15) is 0 Å². The molecule has 1 aromatic carbocycles. The molecule has 0 amide bonds. The van der Waals surface area contributed by atoms with Crippen molar-refractivity contribution in [2.45, 2.75) is 36.9 Å². The Hall–Kier alpha value is 0.0900. The quantitative estimate of drug-likeness (QED) is 0.744. The summed E-state index contributed by atoms with van der Waals surface area (Å²) in [7, 11) is -3.44. The maximum atomic E-state index is 12.1. The maximum Gasteiger partial charge on any atom is 0.240 e. The molecule has 0 heterocycles. The molecule has 3 nitrogen and oxygen atoms in total. The molecule has 0 aromatic heterocycles. The number of nitrogens with one attached hydrogen (secondary N) is 1. The van der Waals surface area contributed by atoms with Gasteiger partial charge in [0.15, 0.2) is 0 Å². The van der Waals surface area contributed by atoms with Crippen molar-refractivity contribution in [3.8, 4) is 0 Å². The number of alkyl halides is 1. The van der Waals surface area contributed by atoms with Gasteiger partial charge in [-0.3, -0.25) is 0 Å². The molecule has 19 heavy (non-hydrogen) atoms. The molecule has 1 N–H and O–H groups in total. The summed E-state index contributed by atoms with van der Waals surface area (Å²) in [5.41, 5.74) is 0.162. The molecule has 0 saturated carbocycles. The topological polar surface area (TPSA) is 46.2 Å². The lowest BCUT2D eigenvalue weighted by molar-refractivity contribution is 0.373. The summed E-state index contributed by atoms with van der Waals surface area (Å²) in [5.74, 6) is 0. The lowest BCUT2D eigenvalue weighted by Gasteiger charge is -2.22. The highest BCUT2D eigenvalue weighted by molar-refractivity contribution is 9.10. The van der Waals surface area contributed by atoms with Gasteiger partial charge < -0.3 is 0 Å². The summed E-state index contributed by atoms with van der Waals surface area (Å²) in [6.07, 6.45) is 0.897. The maximum absolute atomic E-state index is 12.1. The van der Waals surface area contributed by atoms with Gasteiger partial charge in [0, 0.05) is 15.8 Å². The molecule has 108 valence electrons. The summed E-state index contributed by atoms with van der Waals surface area (Å²) in [6.45, 7) is 6.77. The molecule has 0 aliphatic carbocycles. The van der Waals surface area contributed by atoms with E-state index in [4.69, 9.17) is 0 Å². The smallest absolute Gasteiger partial charge is 0.210 e. The molecule has 1 aromatic rings. The fourth-order valence-corrected chi connectivity index (χ4v) is 4.68. The normalized spacial score (nSPS) is 14.4. The third-order valence-electron chi connectivity index (χ3n) is 2.44. The minimum absolute atomic E-state index is 0.120. The third kappa shape index (κ3) is 6.38. The van der Waals surface area contributed by atoms with E-state index in [1.807, 2.05) is 0 Å². The van der Waals surface area contributed by atoms with Crippen LogP contribution < -0.4 is 4.72 Å². The number of sulfonamides is 1. The zero-order chi connectivity index (χ0) is 14.7. The van der Waals surface area contributed by atoms with Crippen LogP contribution in [0.1, 0.15) is 27.2 Å². The number of hydrogen-bond donors (Lipinski definition) is 1. The van der Waals surface area contributed by atoms with Gasteiger partial charge in [0.25, 0.3) is 0 Å². The Bertz CT molecular complexity index is 524. The fourth-order valence-electron chi connectivity index (χ4n) is 1.65. The van der Waals surface area contributed by atoms with Gasteiger partial charge in [0.2, 0.25) is 10.0 Å². The van der Waals surface area contributed by atoms with E-state index in [9.17, 15) is 8.42 Å². The Balaban J connectivity index is 2.66. The Morgan fingerprint density at radius 3 is 2.47 bits per heavy atom. The van der Waals surface area contributed by atoms with Gasteiger partial charge in [-0.2, -0.15) is 0 Å². The molecule has 0 aliphatic heterocycles. The monoisotopic (exact) mass is 411 g/mol. The zero-order valence-electron chi connectivity index (χ0n) is 11.3. The van der Waals surface area contributed by atoms with Crippen molar-refractivity contribution in [3.63, 3.8) is 0 Å². The molecule has 0 bridgehead atoms. The second-order valence-electron chi connectivity index (χ2n) is 5.67. The van der Waals surface area contributed by atoms with Crippen LogP contribution in [0.4, 0.5) is 0 Å². The first-order chi connectivity index (χ1) is 8.60. The molecular formula is C13H19Br2NO2S. The van der Waals surface area contributed by atoms with E-state index in [1.165, 1.54) is 0 Å². The van der Waals surface area contributed by atoms with E-state index in [1.54, 1.807) is 24.3 Å². The average Bonchev–Trinajstić information content (AvgIpc) is 2.24. The second kappa shape index (κ2) is 6.70. The van der Waals surface area contributed by atoms with Crippen LogP contribution in [0.15, 0.2) is 33.6 Å². The lowest BCUT2D eigenvalue weighted by atomic mass is 9.91. The highest BCUT2D eigenvalue weighted by Crippen LogP contribution is 2.24. The van der Waals surface area contributed by atoms with Crippen LogP contribution in [-0.4, -0.2) is 19.8 Å². The lowest BCUT2D eigenvalue weighted by Crippen LogP contribution is -2.31. The van der Waals surface area contributed by atoms with Gasteiger partial charge in [-0.15, -0.1) is 0 Å². The second-order valence-corrected chi connectivity index (χ2v) is 9.65. The molecule has 0 fully saturated rings. The zero-order valence-corrected chi connectivity index (χ0v) is 15.3. The predicted octanol–water partition coefficient (Wildman–Crippen LogP) is 3.93. The van der Waals surface area contributed by atoms with E-state index in [0.29, 0.717) is 6.54 Å². The first-order valence-corrected chi connectivity index (χ1v) is 9.19. The van der Waals surface area contributed by atoms with E-state index < -0.39 is 10.0 Å². The minimum Gasteiger partial charge on any atom is -0.210 e. The molecule has 6 heteroatoms. The SMILES string of the molecule is CC(C)(C)CC(Br)CNS(=O)(=O)c1cccc(Br)c1. The van der Waals surface area contributed by atoms with E-state index >= 15 is 0 Å². The third-order valence-corrected chi connectivity index (χ3v) is 5.00. The van der Waals surface area contributed by atoms with Gasteiger partial charge >= 0.3 is 0 Å². The van der Waals surface area contributed by atoms with E-state index in [0.717, 1.165) is 10.9 Å². The molecule has 1 unspecified atom stereocenters. The highest BCUT2D eigenvalue weighted by atomic mass is 79.9. The van der Waals surface area contributed by atoms with Crippen molar-refractivity contribution < 1.29 is 8.42 Å². The Labute approximate surface area is 132 Å². The molecule has 1 atom stereocenters. The molecule has 0 radical (unpaired) electrons. The number of rotatable bonds is 5. The van der Waals surface area contributed by atoms with Crippen LogP contribution in [0.5, 0.6) is 0 Å². The first kappa shape index (κ1) is 17.1. The first-order valence-electron chi connectivity index (χ1n) is 5.99. The summed E-state index contributed by atoms with van der Waals surface area (Å²) < 4.78 is 27.6. The van der Waals surface area contributed by atoms with Crippen molar-refractivity contribution >= 4 is 41.9 Å². The van der Waals surface area contributed by atoms with Crippen LogP contribution in [-0.2, 0) is 10.0 Å². The van der Waals surface area contributed by atoms with Crippen molar-refractivity contribution in [3.05, 3.63) is 28.7 Å². The largest absolute Gasteiger partial charge is 0.240 e. The summed E-state index contributed by atoms with van der Waals surface area (Å²) in [6, 6.07) is 6.68. The van der Waals surface area contributed by atoms with Crippen LogP contribution >= 0.6 is 31.9 Å². The standard InChI is InChI=1S/C13H19Br2NO2S/c1-13(2,3)8-11(15)9-16-19(17,18)12-6-4-5-10(14)7-12/h4-7,11,16H,8-9H2,1-3H3. The van der Waals surface area contributed by atoms with Crippen LogP contribution in [0.25, 0.3) is 0 Å². The molecular weight excluding hydrogens is 394 g/mol. The van der Waals surface area contributed by atoms with Crippen LogP contribution in [0.3, 0.4) is 0 Å². The molecule has 0 aliphatic rings. The number of halogens is 2. The van der Waals surface area contributed by atoms with Gasteiger partial charge in [-0.25, -0.2) is 13.1 Å². The number of benzene rings is 1. The predicted molar refractivity (Wildman–Crippen MR) is 86.1 cm³/mol. The Morgan fingerprint density at radius 1 is 1.32 bits per heavy atom. The molecule has 0 saturated heterocycles. The van der Waals surface area contributed by atoms with Crippen molar-refractivity contribution in [2.24, 2.45) is 5.41 Å². The average molecular weight is 413 g/mol. The Kier molecular flexibility index (Phi) is 6.04. The highest BCUT2D eigenvalue weighted by Gasteiger charge is 2.20. The van der Waals surface area contributed by atoms with Crippen LogP contribution in [0, 0.1) is 5.41 Å². The van der Waals surface area contributed by atoms with Crippen molar-refractivity contribution in [1.82, 2.24) is 4.72 Å². The van der Waals surface area contributed by atoms with Gasteiger partial charge in [-0.05, 0) is 30.0 Å². The summed E-state index contributed by atoms with van der Waals surface area (Å²) >= 11 is 6.79. The fraction of sp³-hybridized carbons (Fsp3) is 0.538. The Morgan fingerprint density at radius 2 is 1.95 bits per heavy atom. The number of hydrogen-bond acceptors (Lipinski definition) is 2. The summed E-state index contributed by atoms with van der Waals surface area (Å²) in [5, 5.41) is 0. The van der Waals surface area contributed by atoms with Crippen molar-refractivity contribution in [2.75, 3.05) is 6.54 Å². The van der Waals surface area contributed by atoms with Crippen molar-refractivity contribution in [1.29, 1.82) is 0 Å². The molecule has 1 rings (SSSR count). The van der Waals surface area contributed by atoms with E-state index in [-0.39, 0.29) is 15.1 Å². The van der Waals surface area contributed by atoms with Gasteiger partial charge in [-0.1, -0.05) is 58.7 Å². The van der Waals surface area contributed by atoms with E-state index in [2.05, 4.69) is 57.4 Å². The minimum atomic E-state index is -3.44. The molecule has 0 spiro atoms.